The second kappa shape index (κ2) is 8.14. The van der Waals surface area contributed by atoms with E-state index in [2.05, 4.69) is 21.7 Å². The smallest absolute Gasteiger partial charge is 0.269 e. The molecule has 0 aliphatic heterocycles. The van der Waals surface area contributed by atoms with Crippen molar-refractivity contribution >= 4 is 23.0 Å². The molecule has 1 aromatic heterocycles. The number of nitrogens with one attached hydrogen (secondary N) is 2. The highest BCUT2D eigenvalue weighted by atomic mass is 32.1. The van der Waals surface area contributed by atoms with Gasteiger partial charge in [0, 0.05) is 23.6 Å². The number of guanidine groups is 1. The van der Waals surface area contributed by atoms with E-state index in [0.717, 1.165) is 24.6 Å². The van der Waals surface area contributed by atoms with E-state index in [4.69, 9.17) is 0 Å². The van der Waals surface area contributed by atoms with E-state index in [1.807, 2.05) is 18.4 Å². The van der Waals surface area contributed by atoms with Gasteiger partial charge in [-0.25, -0.2) is 4.99 Å². The topological polar surface area (TPSA) is 79.6 Å². The number of thiophene rings is 1. The van der Waals surface area contributed by atoms with Crippen molar-refractivity contribution in [2.45, 2.75) is 20.0 Å². The number of hydrogen-bond acceptors (Lipinski definition) is 4. The fourth-order valence-electron chi connectivity index (χ4n) is 1.82. The molecule has 2 N–H and O–H groups in total. The molecule has 22 heavy (non-hydrogen) atoms. The van der Waals surface area contributed by atoms with Crippen molar-refractivity contribution in [2.75, 3.05) is 6.54 Å². The summed E-state index contributed by atoms with van der Waals surface area (Å²) >= 11 is 1.69. The van der Waals surface area contributed by atoms with Gasteiger partial charge in [0.25, 0.3) is 5.69 Å². The number of nitrogens with zero attached hydrogens (tertiary/aromatic N) is 2. The van der Waals surface area contributed by atoms with E-state index in [-0.39, 0.29) is 5.69 Å². The maximum atomic E-state index is 10.6. The number of aliphatic imine (C=N–C) groups is 1. The lowest BCUT2D eigenvalue weighted by Crippen LogP contribution is -2.36. The lowest BCUT2D eigenvalue weighted by molar-refractivity contribution is -0.384. The van der Waals surface area contributed by atoms with Crippen molar-refractivity contribution in [3.05, 3.63) is 62.3 Å². The van der Waals surface area contributed by atoms with Crippen LogP contribution >= 0.6 is 11.3 Å². The van der Waals surface area contributed by atoms with Crippen LogP contribution in [0.1, 0.15) is 17.4 Å². The van der Waals surface area contributed by atoms with Gasteiger partial charge < -0.3 is 10.6 Å². The van der Waals surface area contributed by atoms with Crippen molar-refractivity contribution in [1.29, 1.82) is 0 Å². The standard InChI is InChI=1S/C15H18N4O2S/c1-2-16-15(18-11-14-4-3-9-22-14)17-10-12-5-7-13(8-6-12)19(20)21/h3-9H,2,10-11H2,1H3,(H2,16,17,18). The molecule has 0 fully saturated rings. The van der Waals surface area contributed by atoms with E-state index in [9.17, 15) is 10.1 Å². The van der Waals surface area contributed by atoms with E-state index in [0.29, 0.717) is 6.54 Å². The molecule has 2 rings (SSSR count). The molecule has 6 nitrogen and oxygen atoms in total. The fourth-order valence-corrected chi connectivity index (χ4v) is 2.46. The summed E-state index contributed by atoms with van der Waals surface area (Å²) in [5.41, 5.74) is 1.02. The predicted molar refractivity (Wildman–Crippen MR) is 89.1 cm³/mol. The van der Waals surface area contributed by atoms with Crippen molar-refractivity contribution in [3.63, 3.8) is 0 Å². The van der Waals surface area contributed by atoms with Gasteiger partial charge in [-0.2, -0.15) is 0 Å². The second-order valence-corrected chi connectivity index (χ2v) is 5.58. The first-order valence-corrected chi connectivity index (χ1v) is 7.85. The Morgan fingerprint density at radius 1 is 1.27 bits per heavy atom. The highest BCUT2D eigenvalue weighted by Gasteiger charge is 2.04. The zero-order valence-electron chi connectivity index (χ0n) is 12.3. The van der Waals surface area contributed by atoms with E-state index < -0.39 is 4.92 Å². The molecule has 1 aromatic carbocycles. The minimum atomic E-state index is -0.403. The summed E-state index contributed by atoms with van der Waals surface area (Å²) in [7, 11) is 0. The number of hydrogen-bond donors (Lipinski definition) is 2. The monoisotopic (exact) mass is 318 g/mol. The third kappa shape index (κ3) is 4.85. The van der Waals surface area contributed by atoms with Crippen molar-refractivity contribution < 1.29 is 4.92 Å². The first-order chi connectivity index (χ1) is 10.7. The maximum absolute atomic E-state index is 10.6. The van der Waals surface area contributed by atoms with E-state index >= 15 is 0 Å². The first-order valence-electron chi connectivity index (χ1n) is 6.97. The Hall–Kier alpha value is -2.41. The summed E-state index contributed by atoms with van der Waals surface area (Å²) in [4.78, 5) is 15.9. The van der Waals surface area contributed by atoms with Crippen LogP contribution in [0.15, 0.2) is 46.8 Å². The number of rotatable bonds is 6. The van der Waals surface area contributed by atoms with Crippen LogP contribution in [0.25, 0.3) is 0 Å². The Labute approximate surface area is 133 Å². The SMILES string of the molecule is CCNC(=NCc1ccc([N+](=O)[O-])cc1)NCc1cccs1. The van der Waals surface area contributed by atoms with Gasteiger partial charge in [-0.3, -0.25) is 10.1 Å². The van der Waals surface area contributed by atoms with Crippen molar-refractivity contribution in [1.82, 2.24) is 10.6 Å². The predicted octanol–water partition coefficient (Wildman–Crippen LogP) is 2.91. The van der Waals surface area contributed by atoms with Gasteiger partial charge in [-0.05, 0) is 23.9 Å². The summed E-state index contributed by atoms with van der Waals surface area (Å²) in [6.07, 6.45) is 0. The van der Waals surface area contributed by atoms with Gasteiger partial charge in [0.2, 0.25) is 0 Å². The summed E-state index contributed by atoms with van der Waals surface area (Å²) < 4.78 is 0. The van der Waals surface area contributed by atoms with Gasteiger partial charge in [-0.15, -0.1) is 11.3 Å². The molecule has 0 amide bonds. The Bertz CT molecular complexity index is 624. The van der Waals surface area contributed by atoms with Gasteiger partial charge in [0.15, 0.2) is 5.96 Å². The average molecular weight is 318 g/mol. The Morgan fingerprint density at radius 2 is 2.05 bits per heavy atom. The number of benzene rings is 1. The minimum absolute atomic E-state index is 0.0930. The maximum Gasteiger partial charge on any atom is 0.269 e. The van der Waals surface area contributed by atoms with E-state index in [1.165, 1.54) is 17.0 Å². The minimum Gasteiger partial charge on any atom is -0.357 e. The summed E-state index contributed by atoms with van der Waals surface area (Å²) in [5, 5.41) is 19.1. The van der Waals surface area contributed by atoms with Gasteiger partial charge in [0.05, 0.1) is 18.0 Å². The number of non-ortho nitro benzene ring substituents is 1. The third-order valence-corrected chi connectivity index (χ3v) is 3.80. The second-order valence-electron chi connectivity index (χ2n) is 4.55. The highest BCUT2D eigenvalue weighted by molar-refractivity contribution is 7.09. The van der Waals surface area contributed by atoms with Gasteiger partial charge >= 0.3 is 0 Å². The van der Waals surface area contributed by atoms with Crippen LogP contribution in [-0.4, -0.2) is 17.4 Å². The van der Waals surface area contributed by atoms with Crippen molar-refractivity contribution in [3.8, 4) is 0 Å². The fraction of sp³-hybridized carbons (Fsp3) is 0.267. The average Bonchev–Trinajstić information content (AvgIpc) is 3.04. The molecular formula is C15H18N4O2S. The summed E-state index contributed by atoms with van der Waals surface area (Å²) in [6.45, 7) is 3.98. The molecule has 1 heterocycles. The van der Waals surface area contributed by atoms with Crippen LogP contribution < -0.4 is 10.6 Å². The van der Waals surface area contributed by atoms with Crippen LogP contribution in [0, 0.1) is 10.1 Å². The molecule has 0 unspecified atom stereocenters. The molecule has 116 valence electrons. The number of nitro benzene ring substituents is 1. The van der Waals surface area contributed by atoms with Crippen molar-refractivity contribution in [2.24, 2.45) is 4.99 Å². The molecule has 0 atom stereocenters. The van der Waals surface area contributed by atoms with Crippen LogP contribution in [0.5, 0.6) is 0 Å². The van der Waals surface area contributed by atoms with E-state index in [1.54, 1.807) is 23.5 Å². The summed E-state index contributed by atoms with van der Waals surface area (Å²) in [5.74, 6) is 0.731. The molecule has 0 spiro atoms. The van der Waals surface area contributed by atoms with Gasteiger partial charge in [-0.1, -0.05) is 18.2 Å². The molecular weight excluding hydrogens is 300 g/mol. The van der Waals surface area contributed by atoms with Crippen LogP contribution in [-0.2, 0) is 13.1 Å². The molecule has 0 aliphatic rings. The highest BCUT2D eigenvalue weighted by Crippen LogP contribution is 2.12. The van der Waals surface area contributed by atoms with Gasteiger partial charge in [0.1, 0.15) is 0 Å². The molecule has 0 bridgehead atoms. The van der Waals surface area contributed by atoms with Crippen LogP contribution in [0.4, 0.5) is 5.69 Å². The molecule has 2 aromatic rings. The lowest BCUT2D eigenvalue weighted by Gasteiger charge is -2.10. The molecule has 7 heteroatoms. The largest absolute Gasteiger partial charge is 0.357 e. The summed E-state index contributed by atoms with van der Waals surface area (Å²) in [6, 6.07) is 10.5. The molecule has 0 saturated carbocycles. The Balaban J connectivity index is 1.95. The molecule has 0 saturated heterocycles. The zero-order chi connectivity index (χ0) is 15.8. The Morgan fingerprint density at radius 3 is 2.64 bits per heavy atom. The number of nitro groups is 1. The Kier molecular flexibility index (Phi) is 5.91. The lowest BCUT2D eigenvalue weighted by atomic mass is 10.2. The normalized spacial score (nSPS) is 11.2. The van der Waals surface area contributed by atoms with Crippen LogP contribution in [0.2, 0.25) is 0 Å². The first kappa shape index (κ1) is 16.0. The zero-order valence-corrected chi connectivity index (χ0v) is 13.1. The molecule has 0 radical (unpaired) electrons. The third-order valence-electron chi connectivity index (χ3n) is 2.92. The van der Waals surface area contributed by atoms with Crippen LogP contribution in [0.3, 0.4) is 0 Å². The quantitative estimate of drug-likeness (QED) is 0.371. The molecule has 0 aliphatic carbocycles.